The Morgan fingerprint density at radius 2 is 1.83 bits per heavy atom. The van der Waals surface area contributed by atoms with Gasteiger partial charge in [0.15, 0.2) is 0 Å². The molecular weight excluding hydrogens is 407 g/mol. The Labute approximate surface area is 175 Å². The SMILES string of the molecule is Cc1ccc(S(=O)(=O)N(CC(=O)NCCCn2ccnc2)c2ccc(F)cc2)cc1. The summed E-state index contributed by atoms with van der Waals surface area (Å²) in [6.07, 6.45) is 5.86. The molecule has 0 bridgehead atoms. The van der Waals surface area contributed by atoms with E-state index in [1.807, 2.05) is 17.7 Å². The maximum Gasteiger partial charge on any atom is 0.264 e. The molecule has 0 spiro atoms. The number of hydrogen-bond donors (Lipinski definition) is 1. The normalized spacial score (nSPS) is 11.3. The second-order valence-corrected chi connectivity index (χ2v) is 8.67. The summed E-state index contributed by atoms with van der Waals surface area (Å²) in [6.45, 7) is 2.51. The Bertz CT molecular complexity index is 1070. The molecule has 0 saturated heterocycles. The van der Waals surface area contributed by atoms with Crippen LogP contribution in [-0.2, 0) is 21.4 Å². The summed E-state index contributed by atoms with van der Waals surface area (Å²) >= 11 is 0. The zero-order valence-corrected chi connectivity index (χ0v) is 17.3. The fourth-order valence-electron chi connectivity index (χ4n) is 2.85. The average molecular weight is 431 g/mol. The molecule has 0 saturated carbocycles. The Morgan fingerprint density at radius 3 is 2.47 bits per heavy atom. The lowest BCUT2D eigenvalue weighted by Crippen LogP contribution is -2.41. The number of amides is 1. The molecule has 1 N–H and O–H groups in total. The monoisotopic (exact) mass is 430 g/mol. The van der Waals surface area contributed by atoms with Gasteiger partial charge in [-0.3, -0.25) is 9.10 Å². The van der Waals surface area contributed by atoms with Crippen molar-refractivity contribution in [2.24, 2.45) is 0 Å². The summed E-state index contributed by atoms with van der Waals surface area (Å²) in [5, 5.41) is 2.74. The third kappa shape index (κ3) is 5.44. The first-order chi connectivity index (χ1) is 14.4. The van der Waals surface area contributed by atoms with Crippen molar-refractivity contribution in [3.05, 3.63) is 78.6 Å². The minimum atomic E-state index is -4.01. The topological polar surface area (TPSA) is 84.3 Å². The van der Waals surface area contributed by atoms with Crippen LogP contribution in [0.4, 0.5) is 10.1 Å². The summed E-state index contributed by atoms with van der Waals surface area (Å²) in [4.78, 5) is 16.5. The van der Waals surface area contributed by atoms with Crippen LogP contribution in [0.3, 0.4) is 0 Å². The van der Waals surface area contributed by atoms with E-state index in [1.165, 1.54) is 24.3 Å². The number of nitrogens with one attached hydrogen (secondary N) is 1. The predicted molar refractivity (Wildman–Crippen MR) is 112 cm³/mol. The Hall–Kier alpha value is -3.20. The zero-order chi connectivity index (χ0) is 21.6. The minimum absolute atomic E-state index is 0.0605. The van der Waals surface area contributed by atoms with Crippen molar-refractivity contribution in [2.45, 2.75) is 24.8 Å². The number of halogens is 1. The van der Waals surface area contributed by atoms with Gasteiger partial charge in [-0.25, -0.2) is 17.8 Å². The number of rotatable bonds is 9. The van der Waals surface area contributed by atoms with Crippen LogP contribution in [-0.4, -0.2) is 37.0 Å². The molecule has 0 unspecified atom stereocenters. The quantitative estimate of drug-likeness (QED) is 0.529. The molecule has 1 amide bonds. The van der Waals surface area contributed by atoms with Gasteiger partial charge in [0.2, 0.25) is 5.91 Å². The van der Waals surface area contributed by atoms with Crippen molar-refractivity contribution in [1.29, 1.82) is 0 Å². The van der Waals surface area contributed by atoms with Crippen LogP contribution in [0, 0.1) is 12.7 Å². The summed E-state index contributed by atoms with van der Waals surface area (Å²) in [5.41, 5.74) is 1.13. The number of nitrogens with zero attached hydrogens (tertiary/aromatic N) is 3. The average Bonchev–Trinajstić information content (AvgIpc) is 3.24. The number of aromatic nitrogens is 2. The number of aryl methyl sites for hydroxylation is 2. The second kappa shape index (κ2) is 9.53. The van der Waals surface area contributed by atoms with Gasteiger partial charge in [0, 0.05) is 25.5 Å². The van der Waals surface area contributed by atoms with Crippen molar-refractivity contribution >= 4 is 21.6 Å². The highest BCUT2D eigenvalue weighted by atomic mass is 32.2. The van der Waals surface area contributed by atoms with E-state index < -0.39 is 28.3 Å². The molecule has 7 nitrogen and oxygen atoms in total. The Kier molecular flexibility index (Phi) is 6.83. The van der Waals surface area contributed by atoms with Crippen LogP contribution in [0.25, 0.3) is 0 Å². The minimum Gasteiger partial charge on any atom is -0.354 e. The summed E-state index contributed by atoms with van der Waals surface area (Å²) in [6, 6.07) is 11.4. The van der Waals surface area contributed by atoms with Gasteiger partial charge < -0.3 is 9.88 Å². The number of imidazole rings is 1. The highest BCUT2D eigenvalue weighted by molar-refractivity contribution is 7.92. The van der Waals surface area contributed by atoms with Crippen molar-refractivity contribution in [3.8, 4) is 0 Å². The molecule has 158 valence electrons. The van der Waals surface area contributed by atoms with Crippen LogP contribution >= 0.6 is 0 Å². The van der Waals surface area contributed by atoms with Gasteiger partial charge in [0.25, 0.3) is 10.0 Å². The largest absolute Gasteiger partial charge is 0.354 e. The molecule has 0 fully saturated rings. The number of sulfonamides is 1. The van der Waals surface area contributed by atoms with Crippen molar-refractivity contribution in [2.75, 3.05) is 17.4 Å². The van der Waals surface area contributed by atoms with Crippen molar-refractivity contribution in [1.82, 2.24) is 14.9 Å². The molecule has 0 radical (unpaired) electrons. The Morgan fingerprint density at radius 1 is 1.13 bits per heavy atom. The fraction of sp³-hybridized carbons (Fsp3) is 0.238. The first kappa shape index (κ1) is 21.5. The molecule has 3 rings (SSSR count). The fourth-order valence-corrected chi connectivity index (χ4v) is 4.28. The maximum atomic E-state index is 13.3. The predicted octanol–water partition coefficient (Wildman–Crippen LogP) is 2.73. The molecule has 0 atom stereocenters. The van der Waals surface area contributed by atoms with Gasteiger partial charge in [0.05, 0.1) is 16.9 Å². The van der Waals surface area contributed by atoms with Gasteiger partial charge >= 0.3 is 0 Å². The number of hydrogen-bond acceptors (Lipinski definition) is 4. The number of carbonyl (C=O) groups excluding carboxylic acids is 1. The maximum absolute atomic E-state index is 13.3. The van der Waals surface area contributed by atoms with Gasteiger partial charge in [-0.2, -0.15) is 0 Å². The molecule has 9 heteroatoms. The lowest BCUT2D eigenvalue weighted by atomic mass is 10.2. The first-order valence-corrected chi connectivity index (χ1v) is 10.9. The second-order valence-electron chi connectivity index (χ2n) is 6.81. The number of benzene rings is 2. The molecule has 2 aromatic carbocycles. The van der Waals surface area contributed by atoms with Crippen molar-refractivity contribution in [3.63, 3.8) is 0 Å². The van der Waals surface area contributed by atoms with E-state index in [0.29, 0.717) is 19.5 Å². The number of anilines is 1. The highest BCUT2D eigenvalue weighted by Gasteiger charge is 2.27. The molecule has 1 aromatic heterocycles. The molecule has 1 heterocycles. The van der Waals surface area contributed by atoms with E-state index in [-0.39, 0.29) is 10.6 Å². The van der Waals surface area contributed by atoms with E-state index in [4.69, 9.17) is 0 Å². The van der Waals surface area contributed by atoms with E-state index in [2.05, 4.69) is 10.3 Å². The molecule has 0 aliphatic heterocycles. The zero-order valence-electron chi connectivity index (χ0n) is 16.5. The van der Waals surface area contributed by atoms with Gasteiger partial charge in [0.1, 0.15) is 12.4 Å². The van der Waals surface area contributed by atoms with E-state index >= 15 is 0 Å². The van der Waals surface area contributed by atoms with Gasteiger partial charge in [-0.15, -0.1) is 0 Å². The smallest absolute Gasteiger partial charge is 0.264 e. The van der Waals surface area contributed by atoms with E-state index in [0.717, 1.165) is 22.0 Å². The van der Waals surface area contributed by atoms with Crippen molar-refractivity contribution < 1.29 is 17.6 Å². The number of carbonyl (C=O) groups is 1. The van der Waals surface area contributed by atoms with Crippen LogP contribution in [0.15, 0.2) is 72.1 Å². The molecular formula is C21H23FN4O3S. The standard InChI is InChI=1S/C21H23FN4O3S/c1-17-3-9-20(10-4-17)30(28,29)26(19-7-5-18(22)6-8-19)15-21(27)24-11-2-13-25-14-12-23-16-25/h3-10,12,14,16H,2,11,13,15H2,1H3,(H,24,27). The lowest BCUT2D eigenvalue weighted by molar-refractivity contribution is -0.119. The summed E-state index contributed by atoms with van der Waals surface area (Å²) < 4.78 is 42.6. The third-order valence-corrected chi connectivity index (χ3v) is 6.27. The third-order valence-electron chi connectivity index (χ3n) is 4.49. The summed E-state index contributed by atoms with van der Waals surface area (Å²) in [5.74, 6) is -0.934. The van der Waals surface area contributed by atoms with Crippen LogP contribution in [0.1, 0.15) is 12.0 Å². The molecule has 30 heavy (non-hydrogen) atoms. The Balaban J connectivity index is 1.73. The van der Waals surface area contributed by atoms with Gasteiger partial charge in [-0.1, -0.05) is 17.7 Å². The van der Waals surface area contributed by atoms with Gasteiger partial charge in [-0.05, 0) is 49.7 Å². The molecule has 3 aromatic rings. The summed E-state index contributed by atoms with van der Waals surface area (Å²) in [7, 11) is -4.01. The van der Waals surface area contributed by atoms with Crippen LogP contribution in [0.2, 0.25) is 0 Å². The highest BCUT2D eigenvalue weighted by Crippen LogP contribution is 2.24. The molecule has 0 aliphatic carbocycles. The van der Waals surface area contributed by atoms with E-state index in [9.17, 15) is 17.6 Å². The van der Waals surface area contributed by atoms with E-state index in [1.54, 1.807) is 24.7 Å². The molecule has 0 aliphatic rings. The van der Waals surface area contributed by atoms with Crippen LogP contribution < -0.4 is 9.62 Å². The lowest BCUT2D eigenvalue weighted by Gasteiger charge is -2.24. The van der Waals surface area contributed by atoms with Crippen LogP contribution in [0.5, 0.6) is 0 Å². The first-order valence-electron chi connectivity index (χ1n) is 9.44.